The largest absolute Gasteiger partial charge is 0.507 e. The van der Waals surface area contributed by atoms with Crippen LogP contribution in [0.5, 0.6) is 5.75 Å². The standard InChI is InChI=1S/C13H18O2/c1-4-10(5-2)11-6-7-13(15)12(8-11)9(3)14/h6-8,10,15H,4-5H2,1-3H3. The van der Waals surface area contributed by atoms with E-state index in [1.54, 1.807) is 6.07 Å². The van der Waals surface area contributed by atoms with Gasteiger partial charge in [-0.05, 0) is 43.4 Å². The molecule has 0 saturated heterocycles. The summed E-state index contributed by atoms with van der Waals surface area (Å²) in [7, 11) is 0. The zero-order valence-electron chi connectivity index (χ0n) is 9.58. The summed E-state index contributed by atoms with van der Waals surface area (Å²) in [5.41, 5.74) is 1.57. The Kier molecular flexibility index (Phi) is 3.89. The maximum absolute atomic E-state index is 11.3. The second kappa shape index (κ2) is 4.96. The normalized spacial score (nSPS) is 10.7. The number of aromatic hydroxyl groups is 1. The third-order valence-corrected chi connectivity index (χ3v) is 2.86. The van der Waals surface area contributed by atoms with Gasteiger partial charge in [0.05, 0.1) is 5.56 Å². The molecule has 0 bridgehead atoms. The van der Waals surface area contributed by atoms with Crippen molar-refractivity contribution in [2.75, 3.05) is 0 Å². The second-order valence-corrected chi connectivity index (χ2v) is 3.85. The summed E-state index contributed by atoms with van der Waals surface area (Å²) in [5.74, 6) is 0.473. The van der Waals surface area contributed by atoms with Crippen LogP contribution in [0.1, 0.15) is 55.5 Å². The molecule has 1 aromatic rings. The van der Waals surface area contributed by atoms with E-state index in [1.807, 2.05) is 12.1 Å². The van der Waals surface area contributed by atoms with Crippen LogP contribution in [-0.2, 0) is 0 Å². The number of rotatable bonds is 4. The molecule has 0 saturated carbocycles. The highest BCUT2D eigenvalue weighted by atomic mass is 16.3. The lowest BCUT2D eigenvalue weighted by molar-refractivity contribution is 0.101. The highest BCUT2D eigenvalue weighted by molar-refractivity contribution is 5.96. The summed E-state index contributed by atoms with van der Waals surface area (Å²) in [5, 5.41) is 9.51. The zero-order valence-corrected chi connectivity index (χ0v) is 9.58. The molecule has 2 nitrogen and oxygen atoms in total. The number of Topliss-reactive ketones (excluding diaryl/α,β-unsaturated/α-hetero) is 1. The lowest BCUT2D eigenvalue weighted by Crippen LogP contribution is -1.99. The topological polar surface area (TPSA) is 37.3 Å². The summed E-state index contributed by atoms with van der Waals surface area (Å²) in [6, 6.07) is 5.33. The molecule has 0 fully saturated rings. The molecule has 1 aromatic carbocycles. The second-order valence-electron chi connectivity index (χ2n) is 3.85. The van der Waals surface area contributed by atoms with Crippen LogP contribution in [0.25, 0.3) is 0 Å². The van der Waals surface area contributed by atoms with E-state index in [-0.39, 0.29) is 11.5 Å². The minimum absolute atomic E-state index is 0.0807. The van der Waals surface area contributed by atoms with E-state index in [2.05, 4.69) is 13.8 Å². The number of phenolic OH excluding ortho intramolecular Hbond substituents is 1. The first-order valence-corrected chi connectivity index (χ1v) is 5.44. The van der Waals surface area contributed by atoms with Gasteiger partial charge in [-0.15, -0.1) is 0 Å². The molecule has 0 aliphatic rings. The van der Waals surface area contributed by atoms with Crippen molar-refractivity contribution >= 4 is 5.78 Å². The molecule has 0 heterocycles. The quantitative estimate of drug-likeness (QED) is 0.765. The van der Waals surface area contributed by atoms with E-state index in [1.165, 1.54) is 6.92 Å². The molecule has 0 atom stereocenters. The number of benzene rings is 1. The van der Waals surface area contributed by atoms with Gasteiger partial charge in [-0.25, -0.2) is 0 Å². The van der Waals surface area contributed by atoms with Crippen LogP contribution in [-0.4, -0.2) is 10.9 Å². The molecule has 0 amide bonds. The molecule has 15 heavy (non-hydrogen) atoms. The van der Waals surface area contributed by atoms with Gasteiger partial charge in [0.25, 0.3) is 0 Å². The van der Waals surface area contributed by atoms with Crippen LogP contribution < -0.4 is 0 Å². The molecule has 0 spiro atoms. The summed E-state index contributed by atoms with van der Waals surface area (Å²) >= 11 is 0. The van der Waals surface area contributed by atoms with Gasteiger partial charge in [0.2, 0.25) is 0 Å². The molecule has 0 aliphatic carbocycles. The van der Waals surface area contributed by atoms with Gasteiger partial charge in [0, 0.05) is 0 Å². The van der Waals surface area contributed by atoms with Crippen molar-refractivity contribution in [1.82, 2.24) is 0 Å². The van der Waals surface area contributed by atoms with Crippen LogP contribution >= 0.6 is 0 Å². The lowest BCUT2D eigenvalue weighted by atomic mass is 9.92. The van der Waals surface area contributed by atoms with E-state index in [0.29, 0.717) is 11.5 Å². The highest BCUT2D eigenvalue weighted by Crippen LogP contribution is 2.27. The molecule has 82 valence electrons. The van der Waals surface area contributed by atoms with Gasteiger partial charge in [-0.3, -0.25) is 4.79 Å². The Balaban J connectivity index is 3.11. The lowest BCUT2D eigenvalue weighted by Gasteiger charge is -2.14. The Morgan fingerprint density at radius 2 is 1.93 bits per heavy atom. The number of hydrogen-bond acceptors (Lipinski definition) is 2. The number of carbonyl (C=O) groups excluding carboxylic acids is 1. The number of phenols is 1. The van der Waals surface area contributed by atoms with E-state index in [9.17, 15) is 9.90 Å². The summed E-state index contributed by atoms with van der Waals surface area (Å²) in [6.07, 6.45) is 2.11. The van der Waals surface area contributed by atoms with E-state index in [4.69, 9.17) is 0 Å². The SMILES string of the molecule is CCC(CC)c1ccc(O)c(C(C)=O)c1. The maximum atomic E-state index is 11.3. The zero-order chi connectivity index (χ0) is 11.4. The molecule has 1 rings (SSSR count). The minimum Gasteiger partial charge on any atom is -0.507 e. The van der Waals surface area contributed by atoms with Gasteiger partial charge < -0.3 is 5.11 Å². The highest BCUT2D eigenvalue weighted by Gasteiger charge is 2.12. The molecule has 0 aliphatic heterocycles. The van der Waals surface area contributed by atoms with E-state index < -0.39 is 0 Å². The van der Waals surface area contributed by atoms with Gasteiger partial charge in [0.15, 0.2) is 5.78 Å². The van der Waals surface area contributed by atoms with Gasteiger partial charge in [-0.2, -0.15) is 0 Å². The Hall–Kier alpha value is -1.31. The first kappa shape index (κ1) is 11.8. The fraction of sp³-hybridized carbons (Fsp3) is 0.462. The van der Waals surface area contributed by atoms with Gasteiger partial charge in [-0.1, -0.05) is 19.9 Å². The number of carbonyl (C=O) groups is 1. The van der Waals surface area contributed by atoms with Crippen LogP contribution in [0.3, 0.4) is 0 Å². The number of hydrogen-bond donors (Lipinski definition) is 1. The molecular weight excluding hydrogens is 188 g/mol. The predicted molar refractivity (Wildman–Crippen MR) is 61.4 cm³/mol. The number of ketones is 1. The monoisotopic (exact) mass is 206 g/mol. The Bertz CT molecular complexity index is 352. The average molecular weight is 206 g/mol. The summed E-state index contributed by atoms with van der Waals surface area (Å²) in [4.78, 5) is 11.3. The van der Waals surface area contributed by atoms with Gasteiger partial charge >= 0.3 is 0 Å². The molecule has 1 N–H and O–H groups in total. The van der Waals surface area contributed by atoms with Crippen LogP contribution in [0.4, 0.5) is 0 Å². The third-order valence-electron chi connectivity index (χ3n) is 2.86. The Labute approximate surface area is 90.9 Å². The smallest absolute Gasteiger partial charge is 0.163 e. The average Bonchev–Trinajstić information content (AvgIpc) is 2.21. The van der Waals surface area contributed by atoms with E-state index in [0.717, 1.165) is 18.4 Å². The first-order chi connectivity index (χ1) is 7.10. The van der Waals surface area contributed by atoms with Crippen molar-refractivity contribution in [3.8, 4) is 5.75 Å². The molecule has 0 aromatic heterocycles. The fourth-order valence-corrected chi connectivity index (χ4v) is 1.85. The predicted octanol–water partition coefficient (Wildman–Crippen LogP) is 3.50. The Morgan fingerprint density at radius 1 is 1.33 bits per heavy atom. The van der Waals surface area contributed by atoms with Crippen molar-refractivity contribution in [3.05, 3.63) is 29.3 Å². The first-order valence-electron chi connectivity index (χ1n) is 5.44. The summed E-state index contributed by atoms with van der Waals surface area (Å²) < 4.78 is 0. The molecule has 2 heteroatoms. The van der Waals surface area contributed by atoms with Crippen molar-refractivity contribution in [1.29, 1.82) is 0 Å². The van der Waals surface area contributed by atoms with Gasteiger partial charge in [0.1, 0.15) is 5.75 Å². The van der Waals surface area contributed by atoms with Crippen molar-refractivity contribution in [2.24, 2.45) is 0 Å². The van der Waals surface area contributed by atoms with E-state index >= 15 is 0 Å². The van der Waals surface area contributed by atoms with Crippen LogP contribution in [0, 0.1) is 0 Å². The van der Waals surface area contributed by atoms with Crippen molar-refractivity contribution < 1.29 is 9.90 Å². The van der Waals surface area contributed by atoms with Crippen molar-refractivity contribution in [3.63, 3.8) is 0 Å². The fourth-order valence-electron chi connectivity index (χ4n) is 1.85. The van der Waals surface area contributed by atoms with Crippen LogP contribution in [0.2, 0.25) is 0 Å². The molecule has 0 radical (unpaired) electrons. The molecular formula is C13H18O2. The van der Waals surface area contributed by atoms with Crippen molar-refractivity contribution in [2.45, 2.75) is 39.5 Å². The maximum Gasteiger partial charge on any atom is 0.163 e. The minimum atomic E-state index is -0.0830. The summed E-state index contributed by atoms with van der Waals surface area (Å²) in [6.45, 7) is 5.74. The molecule has 0 unspecified atom stereocenters. The third kappa shape index (κ3) is 2.58. The Morgan fingerprint density at radius 3 is 2.40 bits per heavy atom. The van der Waals surface area contributed by atoms with Crippen LogP contribution in [0.15, 0.2) is 18.2 Å².